The number of benzene rings is 1. The summed E-state index contributed by atoms with van der Waals surface area (Å²) in [4.78, 5) is 22.9. The zero-order valence-electron chi connectivity index (χ0n) is 15.1. The number of nitrogens with one attached hydrogen (secondary N) is 2. The van der Waals surface area contributed by atoms with Crippen LogP contribution in [0, 0.1) is 0 Å². The number of nitrogens with zero attached hydrogens (tertiary/aromatic N) is 3. The Kier molecular flexibility index (Phi) is 6.19. The van der Waals surface area contributed by atoms with Crippen LogP contribution in [-0.2, 0) is 13.0 Å². The highest BCUT2D eigenvalue weighted by Gasteiger charge is 2.18. The van der Waals surface area contributed by atoms with Crippen LogP contribution in [0.1, 0.15) is 28.4 Å². The van der Waals surface area contributed by atoms with Gasteiger partial charge in [-0.05, 0) is 36.6 Å². The largest absolute Gasteiger partial charge is 0.357 e. The highest BCUT2D eigenvalue weighted by atomic mass is 16.1. The van der Waals surface area contributed by atoms with Crippen molar-refractivity contribution in [2.24, 2.45) is 4.99 Å². The van der Waals surface area contributed by atoms with Crippen molar-refractivity contribution in [2.75, 3.05) is 26.2 Å². The molecule has 26 heavy (non-hydrogen) atoms. The van der Waals surface area contributed by atoms with Crippen LogP contribution in [0.25, 0.3) is 0 Å². The summed E-state index contributed by atoms with van der Waals surface area (Å²) in [5.41, 5.74) is 3.34. The lowest BCUT2D eigenvalue weighted by Crippen LogP contribution is -2.44. The Balaban J connectivity index is 1.55. The third-order valence-corrected chi connectivity index (χ3v) is 4.35. The summed E-state index contributed by atoms with van der Waals surface area (Å²) >= 11 is 0. The van der Waals surface area contributed by atoms with E-state index in [4.69, 9.17) is 0 Å². The van der Waals surface area contributed by atoms with E-state index in [1.807, 2.05) is 0 Å². The first-order chi connectivity index (χ1) is 12.8. The first kappa shape index (κ1) is 17.9. The topological polar surface area (TPSA) is 69.6 Å². The number of aliphatic imine (C=N–C) groups is 1. The van der Waals surface area contributed by atoms with Crippen molar-refractivity contribution in [3.63, 3.8) is 0 Å². The fraction of sp³-hybridized carbons (Fsp3) is 0.350. The summed E-state index contributed by atoms with van der Waals surface area (Å²) in [5.74, 6) is 0.780. The maximum absolute atomic E-state index is 12.0. The first-order valence-corrected chi connectivity index (χ1v) is 9.06. The second-order valence-corrected chi connectivity index (χ2v) is 6.17. The van der Waals surface area contributed by atoms with Gasteiger partial charge in [0.05, 0.1) is 12.1 Å². The zero-order chi connectivity index (χ0) is 18.2. The first-order valence-electron chi connectivity index (χ1n) is 9.06. The molecule has 0 atom stereocenters. The minimum atomic E-state index is -0.120. The van der Waals surface area contributed by atoms with Gasteiger partial charge in [0.2, 0.25) is 0 Å². The van der Waals surface area contributed by atoms with Crippen LogP contribution < -0.4 is 10.6 Å². The van der Waals surface area contributed by atoms with E-state index in [0.29, 0.717) is 18.7 Å². The van der Waals surface area contributed by atoms with Crippen molar-refractivity contribution in [1.82, 2.24) is 20.5 Å². The Labute approximate surface area is 154 Å². The summed E-state index contributed by atoms with van der Waals surface area (Å²) in [5, 5.41) is 6.24. The van der Waals surface area contributed by atoms with Gasteiger partial charge in [-0.25, -0.2) is 0 Å². The van der Waals surface area contributed by atoms with E-state index in [1.54, 1.807) is 24.5 Å². The van der Waals surface area contributed by atoms with Crippen LogP contribution in [0.2, 0.25) is 0 Å². The van der Waals surface area contributed by atoms with Crippen LogP contribution >= 0.6 is 0 Å². The highest BCUT2D eigenvalue weighted by molar-refractivity contribution is 5.93. The highest BCUT2D eigenvalue weighted by Crippen LogP contribution is 2.18. The second kappa shape index (κ2) is 8.99. The summed E-state index contributed by atoms with van der Waals surface area (Å²) in [7, 11) is 0. The Morgan fingerprint density at radius 3 is 2.81 bits per heavy atom. The van der Waals surface area contributed by atoms with Crippen molar-refractivity contribution < 1.29 is 4.79 Å². The number of fused-ring (bicyclic) bond motifs is 1. The number of carbonyl (C=O) groups is 1. The van der Waals surface area contributed by atoms with E-state index in [-0.39, 0.29) is 5.91 Å². The average Bonchev–Trinajstić information content (AvgIpc) is 2.70. The number of hydrogen-bond donors (Lipinski definition) is 2. The van der Waals surface area contributed by atoms with Gasteiger partial charge in [0.15, 0.2) is 5.96 Å². The molecule has 0 radical (unpaired) electrons. The molecule has 1 aromatic heterocycles. The van der Waals surface area contributed by atoms with E-state index < -0.39 is 0 Å². The molecule has 0 aliphatic carbocycles. The third kappa shape index (κ3) is 4.59. The number of amides is 1. The number of guanidine groups is 1. The molecule has 1 aromatic carbocycles. The molecule has 0 saturated carbocycles. The van der Waals surface area contributed by atoms with E-state index in [1.165, 1.54) is 11.1 Å². The van der Waals surface area contributed by atoms with Gasteiger partial charge in [-0.2, -0.15) is 0 Å². The minimum Gasteiger partial charge on any atom is -0.357 e. The lowest BCUT2D eigenvalue weighted by atomic mass is 10.0. The molecule has 6 heteroatoms. The molecular weight excluding hydrogens is 326 g/mol. The minimum absolute atomic E-state index is 0.120. The van der Waals surface area contributed by atoms with Gasteiger partial charge in [0.1, 0.15) is 0 Å². The Bertz CT molecular complexity index is 760. The summed E-state index contributed by atoms with van der Waals surface area (Å²) < 4.78 is 0. The maximum atomic E-state index is 12.0. The number of hydrogen-bond acceptors (Lipinski definition) is 3. The van der Waals surface area contributed by atoms with Crippen LogP contribution in [0.3, 0.4) is 0 Å². The van der Waals surface area contributed by atoms with Crippen LogP contribution in [0.4, 0.5) is 0 Å². The van der Waals surface area contributed by atoms with Crippen molar-refractivity contribution in [1.29, 1.82) is 0 Å². The van der Waals surface area contributed by atoms with Crippen LogP contribution in [-0.4, -0.2) is 47.9 Å². The van der Waals surface area contributed by atoms with Crippen molar-refractivity contribution in [2.45, 2.75) is 19.9 Å². The number of carbonyl (C=O) groups excluding carboxylic acids is 1. The molecule has 2 N–H and O–H groups in total. The molecular formula is C20H25N5O. The molecule has 1 amide bonds. The van der Waals surface area contributed by atoms with Gasteiger partial charge in [0.25, 0.3) is 5.91 Å². The zero-order valence-corrected chi connectivity index (χ0v) is 15.1. The molecule has 0 spiro atoms. The summed E-state index contributed by atoms with van der Waals surface area (Å²) in [6.07, 6.45) is 4.24. The molecule has 6 nitrogen and oxygen atoms in total. The van der Waals surface area contributed by atoms with Gasteiger partial charge < -0.3 is 15.5 Å². The maximum Gasteiger partial charge on any atom is 0.252 e. The van der Waals surface area contributed by atoms with Gasteiger partial charge in [-0.1, -0.05) is 24.3 Å². The van der Waals surface area contributed by atoms with E-state index >= 15 is 0 Å². The predicted molar refractivity (Wildman–Crippen MR) is 103 cm³/mol. The number of aromatic nitrogens is 1. The molecule has 2 heterocycles. The molecule has 1 aliphatic rings. The average molecular weight is 351 g/mol. The smallest absolute Gasteiger partial charge is 0.252 e. The molecule has 0 fully saturated rings. The SMILES string of the molecule is CCNC(=NCCNC(=O)c1cccnc1)N1CCc2ccccc2C1. The molecule has 0 saturated heterocycles. The standard InChI is InChI=1S/C20H25N5O/c1-2-22-20(25-13-9-16-6-3-4-7-18(16)15-25)24-12-11-23-19(26)17-8-5-10-21-14-17/h3-8,10,14H,2,9,11-13,15H2,1H3,(H,22,24)(H,23,26). The van der Waals surface area contributed by atoms with Gasteiger partial charge in [-0.3, -0.25) is 14.8 Å². The predicted octanol–water partition coefficient (Wildman–Crippen LogP) is 1.84. The molecule has 3 rings (SSSR count). The quantitative estimate of drug-likeness (QED) is 0.490. The number of rotatable bonds is 5. The molecule has 1 aliphatic heterocycles. The molecule has 0 unspecified atom stereocenters. The monoisotopic (exact) mass is 351 g/mol. The fourth-order valence-electron chi connectivity index (χ4n) is 3.03. The normalized spacial score (nSPS) is 13.9. The van der Waals surface area contributed by atoms with E-state index in [0.717, 1.165) is 32.0 Å². The van der Waals surface area contributed by atoms with Crippen molar-refractivity contribution in [3.8, 4) is 0 Å². The van der Waals surface area contributed by atoms with Gasteiger partial charge >= 0.3 is 0 Å². The van der Waals surface area contributed by atoms with Crippen molar-refractivity contribution in [3.05, 3.63) is 65.5 Å². The van der Waals surface area contributed by atoms with Crippen LogP contribution in [0.15, 0.2) is 53.8 Å². The Hall–Kier alpha value is -2.89. The lowest BCUT2D eigenvalue weighted by Gasteiger charge is -2.31. The summed E-state index contributed by atoms with van der Waals surface area (Å²) in [6, 6.07) is 12.1. The molecule has 2 aromatic rings. The fourth-order valence-corrected chi connectivity index (χ4v) is 3.03. The lowest BCUT2D eigenvalue weighted by molar-refractivity contribution is 0.0954. The van der Waals surface area contributed by atoms with Gasteiger partial charge in [0, 0.05) is 38.6 Å². The third-order valence-electron chi connectivity index (χ3n) is 4.35. The van der Waals surface area contributed by atoms with E-state index in [2.05, 4.69) is 56.7 Å². The van der Waals surface area contributed by atoms with Crippen LogP contribution in [0.5, 0.6) is 0 Å². The summed E-state index contributed by atoms with van der Waals surface area (Å²) in [6.45, 7) is 5.73. The van der Waals surface area contributed by atoms with Crippen molar-refractivity contribution >= 4 is 11.9 Å². The number of pyridine rings is 1. The molecule has 136 valence electrons. The van der Waals surface area contributed by atoms with E-state index in [9.17, 15) is 4.79 Å². The van der Waals surface area contributed by atoms with Gasteiger partial charge in [-0.15, -0.1) is 0 Å². The second-order valence-electron chi connectivity index (χ2n) is 6.17. The Morgan fingerprint density at radius 1 is 1.19 bits per heavy atom. The molecule has 0 bridgehead atoms. The Morgan fingerprint density at radius 2 is 2.04 bits per heavy atom.